The quantitative estimate of drug-likeness (QED) is 0.0306. The summed E-state index contributed by atoms with van der Waals surface area (Å²) in [6.45, 7) is 10.0. The zero-order valence-corrected chi connectivity index (χ0v) is 33.5. The van der Waals surface area contributed by atoms with Gasteiger partial charge in [-0.15, -0.1) is 0 Å². The molecule has 320 valence electrons. The van der Waals surface area contributed by atoms with Crippen molar-refractivity contribution in [3.8, 4) is 5.75 Å². The van der Waals surface area contributed by atoms with E-state index in [1.807, 2.05) is 46.8 Å². The third-order valence-electron chi connectivity index (χ3n) is 9.07. The van der Waals surface area contributed by atoms with Gasteiger partial charge in [-0.2, -0.15) is 0 Å². The smallest absolute Gasteiger partial charge is 0.306 e. The number of carbonyl (C=O) groups is 4. The Hall–Kier alpha value is -3.50. The second kappa shape index (κ2) is 25.7. The van der Waals surface area contributed by atoms with E-state index >= 15 is 0 Å². The number of ether oxygens (including phenoxy) is 4. The van der Waals surface area contributed by atoms with Crippen molar-refractivity contribution < 1.29 is 68.6 Å². The van der Waals surface area contributed by atoms with Crippen LogP contribution in [0.5, 0.6) is 5.75 Å². The summed E-state index contributed by atoms with van der Waals surface area (Å²) >= 11 is 0. The summed E-state index contributed by atoms with van der Waals surface area (Å²) in [7, 11) is 1.51. The number of amides is 3. The van der Waals surface area contributed by atoms with Crippen LogP contribution in [-0.2, 0) is 43.1 Å². The average molecular weight is 802 g/mol. The Morgan fingerprint density at radius 3 is 2.29 bits per heavy atom. The molecule has 0 saturated heterocycles. The number of benzene rings is 1. The van der Waals surface area contributed by atoms with E-state index < -0.39 is 52.2 Å². The van der Waals surface area contributed by atoms with Crippen molar-refractivity contribution >= 4 is 29.4 Å². The third kappa shape index (κ3) is 18.6. The monoisotopic (exact) mass is 801 g/mol. The first-order chi connectivity index (χ1) is 26.6. The average Bonchev–Trinajstić information content (AvgIpc) is 3.12. The first kappa shape index (κ1) is 48.6. The maximum Gasteiger partial charge on any atom is 0.306 e. The normalized spacial score (nSPS) is 15.9. The van der Waals surface area contributed by atoms with Crippen LogP contribution in [0.1, 0.15) is 92.4 Å². The number of hydrogen-bond donors (Lipinski definition) is 6. The lowest BCUT2D eigenvalue weighted by Gasteiger charge is -2.39. The molecule has 0 spiro atoms. The van der Waals surface area contributed by atoms with Crippen LogP contribution in [0, 0.1) is 17.3 Å². The second-order valence-electron chi connectivity index (χ2n) is 14.8. The van der Waals surface area contributed by atoms with E-state index in [0.717, 1.165) is 12.8 Å². The van der Waals surface area contributed by atoms with Crippen molar-refractivity contribution in [3.63, 3.8) is 0 Å². The van der Waals surface area contributed by atoms with Crippen LogP contribution < -0.4 is 20.3 Å². The molecular formula is C37H63N5O14. The Morgan fingerprint density at radius 2 is 1.66 bits per heavy atom. The SMILES string of the molecule is CCCCNC(=O)[C@@H](C[C@H](OC(=O)CCCON(O)O)C(CC(C)(C)CC(=O)N1C[C@H](COCOC)Oc2ccccc21)NC(=O)CCCON(O)O)C(C)C. The molecule has 2 rings (SSSR count). The van der Waals surface area contributed by atoms with Gasteiger partial charge in [-0.25, -0.2) is 0 Å². The van der Waals surface area contributed by atoms with Gasteiger partial charge in [0, 0.05) is 38.8 Å². The van der Waals surface area contributed by atoms with Crippen LogP contribution in [0.25, 0.3) is 0 Å². The van der Waals surface area contributed by atoms with Gasteiger partial charge in [0.05, 0.1) is 48.9 Å². The minimum Gasteiger partial charge on any atom is -0.484 e. The van der Waals surface area contributed by atoms with Gasteiger partial charge in [0.25, 0.3) is 0 Å². The molecule has 1 unspecified atom stereocenters. The van der Waals surface area contributed by atoms with Crippen molar-refractivity contribution in [2.45, 2.75) is 111 Å². The van der Waals surface area contributed by atoms with Crippen molar-refractivity contribution in [1.82, 2.24) is 21.4 Å². The summed E-state index contributed by atoms with van der Waals surface area (Å²) in [6, 6.07) is 6.30. The van der Waals surface area contributed by atoms with Crippen molar-refractivity contribution in [2.75, 3.05) is 51.7 Å². The second-order valence-corrected chi connectivity index (χ2v) is 14.8. The number of nitrogens with zero attached hydrogens (tertiary/aromatic N) is 3. The van der Waals surface area contributed by atoms with Crippen LogP contribution >= 0.6 is 0 Å². The van der Waals surface area contributed by atoms with E-state index in [9.17, 15) is 19.2 Å². The molecule has 0 bridgehead atoms. The first-order valence-electron chi connectivity index (χ1n) is 19.1. The maximum atomic E-state index is 14.2. The predicted molar refractivity (Wildman–Crippen MR) is 198 cm³/mol. The number of esters is 1. The van der Waals surface area contributed by atoms with Crippen LogP contribution in [0.3, 0.4) is 0 Å². The minimum absolute atomic E-state index is 0.0119. The largest absolute Gasteiger partial charge is 0.484 e. The number of methoxy groups -OCH3 is 1. The van der Waals surface area contributed by atoms with Crippen molar-refractivity contribution in [1.29, 1.82) is 0 Å². The van der Waals surface area contributed by atoms with Crippen LogP contribution in [0.4, 0.5) is 5.69 Å². The molecule has 1 heterocycles. The van der Waals surface area contributed by atoms with Gasteiger partial charge in [-0.3, -0.25) is 49.7 Å². The summed E-state index contributed by atoms with van der Waals surface area (Å²) < 4.78 is 22.7. The lowest BCUT2D eigenvalue weighted by Crippen LogP contribution is -2.51. The maximum absolute atomic E-state index is 14.2. The third-order valence-corrected chi connectivity index (χ3v) is 9.07. The number of anilines is 1. The fraction of sp³-hybridized carbons (Fsp3) is 0.730. The van der Waals surface area contributed by atoms with Crippen LogP contribution in [-0.4, -0.2) is 120 Å². The zero-order valence-electron chi connectivity index (χ0n) is 33.5. The Morgan fingerprint density at radius 1 is 1.00 bits per heavy atom. The fourth-order valence-corrected chi connectivity index (χ4v) is 6.33. The standard InChI is InChI=1S/C37H63N5O14/c1-7-8-17-38-36(46)28(26(2)3)20-32(56-35(45)16-12-19-54-42(49)50)29(39-33(43)15-11-18-53-41(47)48)21-37(4,5)22-34(44)40-23-27(24-52-25-51-6)55-31-14-10-9-13-30(31)40/h9-10,13-14,26-29,32,47-50H,7-8,11-12,15-25H2,1-6H3,(H,38,46)(H,39,43)/t27-,28+,29?,32+/m1/s1. The molecule has 0 aliphatic carbocycles. The van der Waals surface area contributed by atoms with Gasteiger partial charge in [-0.05, 0) is 55.6 Å². The van der Waals surface area contributed by atoms with E-state index in [0.29, 0.717) is 18.0 Å². The van der Waals surface area contributed by atoms with Gasteiger partial charge in [0.15, 0.2) is 0 Å². The van der Waals surface area contributed by atoms with E-state index in [1.165, 1.54) is 7.11 Å². The molecule has 0 saturated carbocycles. The number of nitrogens with one attached hydrogen (secondary N) is 2. The Kier molecular flexibility index (Phi) is 22.3. The Labute approximate surface area is 328 Å². The van der Waals surface area contributed by atoms with Crippen LogP contribution in [0.2, 0.25) is 0 Å². The fourth-order valence-electron chi connectivity index (χ4n) is 6.33. The summed E-state index contributed by atoms with van der Waals surface area (Å²) in [5.74, 6) is -1.85. The molecule has 1 aliphatic rings. The lowest BCUT2D eigenvalue weighted by molar-refractivity contribution is -0.492. The number of para-hydroxylation sites is 2. The Balaban J connectivity index is 2.44. The molecule has 3 amide bonds. The van der Waals surface area contributed by atoms with Gasteiger partial charge in [-0.1, -0.05) is 53.2 Å². The zero-order chi connectivity index (χ0) is 41.7. The summed E-state index contributed by atoms with van der Waals surface area (Å²) in [4.78, 5) is 65.2. The number of carbonyl (C=O) groups excluding carboxylic acids is 4. The molecule has 6 N–H and O–H groups in total. The van der Waals surface area contributed by atoms with Gasteiger partial charge in [0.1, 0.15) is 24.8 Å². The highest BCUT2D eigenvalue weighted by molar-refractivity contribution is 5.95. The molecule has 4 atom stereocenters. The first-order valence-corrected chi connectivity index (χ1v) is 19.1. The number of unbranched alkanes of at least 4 members (excludes halogenated alkanes) is 1. The molecule has 0 aromatic heterocycles. The molecule has 56 heavy (non-hydrogen) atoms. The molecular weight excluding hydrogens is 738 g/mol. The van der Waals surface area contributed by atoms with Crippen molar-refractivity contribution in [3.05, 3.63) is 24.3 Å². The van der Waals surface area contributed by atoms with E-state index in [4.69, 9.17) is 39.8 Å². The van der Waals surface area contributed by atoms with E-state index in [-0.39, 0.29) is 95.8 Å². The molecule has 1 aliphatic heterocycles. The van der Waals surface area contributed by atoms with Crippen molar-refractivity contribution in [2.24, 2.45) is 17.3 Å². The Bertz CT molecular complexity index is 1330. The van der Waals surface area contributed by atoms with Gasteiger partial charge < -0.3 is 34.5 Å². The molecule has 19 heteroatoms. The van der Waals surface area contributed by atoms with Crippen LogP contribution in [0.15, 0.2) is 24.3 Å². The van der Waals surface area contributed by atoms with E-state index in [2.05, 4.69) is 20.3 Å². The number of fused-ring (bicyclic) bond motifs is 1. The minimum atomic E-state index is -1.04. The van der Waals surface area contributed by atoms with E-state index in [1.54, 1.807) is 17.0 Å². The molecule has 0 fully saturated rings. The lowest BCUT2D eigenvalue weighted by atomic mass is 9.78. The summed E-state index contributed by atoms with van der Waals surface area (Å²) in [6.07, 6.45) is 0.251. The highest BCUT2D eigenvalue weighted by Crippen LogP contribution is 2.37. The number of hydrogen-bond acceptors (Lipinski definition) is 16. The molecule has 0 radical (unpaired) electrons. The molecule has 1 aromatic carbocycles. The van der Waals surface area contributed by atoms with Gasteiger partial charge >= 0.3 is 5.97 Å². The summed E-state index contributed by atoms with van der Waals surface area (Å²) in [5.41, 5.74) is -0.217. The highest BCUT2D eigenvalue weighted by atomic mass is 17.1. The van der Waals surface area contributed by atoms with Gasteiger partial charge in [0.2, 0.25) is 17.7 Å². The molecule has 19 nitrogen and oxygen atoms in total. The molecule has 1 aromatic rings. The number of rotatable bonds is 28. The topological polar surface area (TPSA) is 238 Å². The highest BCUT2D eigenvalue weighted by Gasteiger charge is 2.39. The summed E-state index contributed by atoms with van der Waals surface area (Å²) in [5, 5.41) is 40.5. The predicted octanol–water partition coefficient (Wildman–Crippen LogP) is 3.77.